The molecule has 146 valence electrons. The van der Waals surface area contributed by atoms with Gasteiger partial charge in [-0.3, -0.25) is 9.69 Å². The molecule has 0 spiro atoms. The smallest absolute Gasteiger partial charge is 0.251 e. The standard InChI is InChI=1S/C21H28BrN3O2/c1-3-18-20(16-5-7-17(22)8-6-16)19(21(23)26)15(2)25(18)10-4-9-24-11-13-27-14-12-24/h5-8H,3-4,9-14H2,1-2H3,(H2,23,26). The maximum absolute atomic E-state index is 12.3. The van der Waals surface area contributed by atoms with Crippen LogP contribution in [0.4, 0.5) is 0 Å². The van der Waals surface area contributed by atoms with E-state index in [4.69, 9.17) is 10.5 Å². The summed E-state index contributed by atoms with van der Waals surface area (Å²) in [5.74, 6) is -0.355. The molecular weight excluding hydrogens is 406 g/mol. The molecule has 0 atom stereocenters. The number of morpholine rings is 1. The van der Waals surface area contributed by atoms with Crippen molar-refractivity contribution in [1.29, 1.82) is 0 Å². The van der Waals surface area contributed by atoms with Gasteiger partial charge in [-0.2, -0.15) is 0 Å². The van der Waals surface area contributed by atoms with Crippen LogP contribution in [0.1, 0.15) is 35.1 Å². The Hall–Kier alpha value is -1.63. The van der Waals surface area contributed by atoms with Gasteiger partial charge >= 0.3 is 0 Å². The molecule has 1 aliphatic heterocycles. The number of ether oxygens (including phenoxy) is 1. The maximum atomic E-state index is 12.3. The van der Waals surface area contributed by atoms with Crippen LogP contribution < -0.4 is 5.73 Å². The van der Waals surface area contributed by atoms with E-state index in [1.54, 1.807) is 0 Å². The zero-order valence-electron chi connectivity index (χ0n) is 16.1. The zero-order chi connectivity index (χ0) is 19.4. The van der Waals surface area contributed by atoms with Crippen molar-refractivity contribution >= 4 is 21.8 Å². The van der Waals surface area contributed by atoms with Crippen LogP contribution in [0.3, 0.4) is 0 Å². The number of nitrogens with two attached hydrogens (primary N) is 1. The second-order valence-corrected chi connectivity index (χ2v) is 7.88. The molecule has 0 saturated carbocycles. The van der Waals surface area contributed by atoms with E-state index in [1.165, 1.54) is 5.69 Å². The molecule has 0 bridgehead atoms. The molecule has 1 aromatic carbocycles. The number of amides is 1. The van der Waals surface area contributed by atoms with Crippen LogP contribution >= 0.6 is 15.9 Å². The van der Waals surface area contributed by atoms with Gasteiger partial charge in [0.15, 0.2) is 0 Å². The molecule has 1 amide bonds. The Morgan fingerprint density at radius 3 is 2.44 bits per heavy atom. The van der Waals surface area contributed by atoms with Gasteiger partial charge in [0.2, 0.25) is 0 Å². The molecule has 1 saturated heterocycles. The number of benzene rings is 1. The SMILES string of the molecule is CCc1c(-c2ccc(Br)cc2)c(C(N)=O)c(C)n1CCCN1CCOCC1. The summed E-state index contributed by atoms with van der Waals surface area (Å²) in [6.45, 7) is 9.73. The number of carbonyl (C=O) groups excluding carboxylic acids is 1. The molecule has 2 N–H and O–H groups in total. The monoisotopic (exact) mass is 433 g/mol. The van der Waals surface area contributed by atoms with Crippen LogP contribution in [-0.4, -0.2) is 48.2 Å². The van der Waals surface area contributed by atoms with E-state index < -0.39 is 0 Å². The Kier molecular flexibility index (Phi) is 6.73. The van der Waals surface area contributed by atoms with Crippen molar-refractivity contribution in [2.75, 3.05) is 32.8 Å². The average Bonchev–Trinajstić information content (AvgIpc) is 2.95. The van der Waals surface area contributed by atoms with Crippen molar-refractivity contribution in [1.82, 2.24) is 9.47 Å². The fraction of sp³-hybridized carbons (Fsp3) is 0.476. The topological polar surface area (TPSA) is 60.5 Å². The summed E-state index contributed by atoms with van der Waals surface area (Å²) in [7, 11) is 0. The highest BCUT2D eigenvalue weighted by Gasteiger charge is 2.23. The highest BCUT2D eigenvalue weighted by molar-refractivity contribution is 9.10. The number of nitrogens with zero attached hydrogens (tertiary/aromatic N) is 2. The number of halogens is 1. The predicted molar refractivity (Wildman–Crippen MR) is 112 cm³/mol. The summed E-state index contributed by atoms with van der Waals surface area (Å²) in [4.78, 5) is 14.7. The number of carbonyl (C=O) groups is 1. The van der Waals surface area contributed by atoms with E-state index in [0.717, 1.165) is 73.5 Å². The zero-order valence-corrected chi connectivity index (χ0v) is 17.7. The van der Waals surface area contributed by atoms with Crippen LogP contribution in [0.15, 0.2) is 28.7 Å². The van der Waals surface area contributed by atoms with E-state index in [9.17, 15) is 4.79 Å². The molecule has 0 aliphatic carbocycles. The summed E-state index contributed by atoms with van der Waals surface area (Å²) in [6, 6.07) is 8.10. The van der Waals surface area contributed by atoms with E-state index in [0.29, 0.717) is 5.56 Å². The summed E-state index contributed by atoms with van der Waals surface area (Å²) in [6.07, 6.45) is 1.90. The molecule has 2 aromatic rings. The molecule has 5 nitrogen and oxygen atoms in total. The molecule has 27 heavy (non-hydrogen) atoms. The Morgan fingerprint density at radius 2 is 1.85 bits per heavy atom. The average molecular weight is 434 g/mol. The fourth-order valence-electron chi connectivity index (χ4n) is 3.97. The van der Waals surface area contributed by atoms with Crippen molar-refractivity contribution in [2.45, 2.75) is 33.2 Å². The normalized spacial score (nSPS) is 15.2. The Balaban J connectivity index is 1.90. The van der Waals surface area contributed by atoms with E-state index in [-0.39, 0.29) is 5.91 Å². The van der Waals surface area contributed by atoms with Gasteiger partial charge in [0.1, 0.15) is 0 Å². The minimum Gasteiger partial charge on any atom is -0.379 e. The highest BCUT2D eigenvalue weighted by atomic mass is 79.9. The third-order valence-electron chi connectivity index (χ3n) is 5.31. The highest BCUT2D eigenvalue weighted by Crippen LogP contribution is 2.34. The maximum Gasteiger partial charge on any atom is 0.251 e. The fourth-order valence-corrected chi connectivity index (χ4v) is 4.24. The molecular formula is C21H28BrN3O2. The number of primary amides is 1. The molecule has 1 aromatic heterocycles. The van der Waals surface area contributed by atoms with Crippen LogP contribution in [0, 0.1) is 6.92 Å². The molecule has 0 unspecified atom stereocenters. The van der Waals surface area contributed by atoms with Crippen LogP contribution in [0.5, 0.6) is 0 Å². The summed E-state index contributed by atoms with van der Waals surface area (Å²) in [5.41, 5.74) is 10.6. The van der Waals surface area contributed by atoms with Gasteiger partial charge in [0.25, 0.3) is 5.91 Å². The van der Waals surface area contributed by atoms with E-state index in [1.807, 2.05) is 31.2 Å². The van der Waals surface area contributed by atoms with Gasteiger partial charge in [-0.1, -0.05) is 35.0 Å². The third-order valence-corrected chi connectivity index (χ3v) is 5.83. The Labute approximate surface area is 169 Å². The van der Waals surface area contributed by atoms with Crippen molar-refractivity contribution < 1.29 is 9.53 Å². The van der Waals surface area contributed by atoms with Gasteiger partial charge in [0, 0.05) is 47.6 Å². The van der Waals surface area contributed by atoms with Crippen molar-refractivity contribution in [3.63, 3.8) is 0 Å². The predicted octanol–water partition coefficient (Wildman–Crippen LogP) is 3.61. The largest absolute Gasteiger partial charge is 0.379 e. The molecule has 2 heterocycles. The second kappa shape index (κ2) is 9.04. The van der Waals surface area contributed by atoms with Crippen LogP contribution in [0.2, 0.25) is 0 Å². The van der Waals surface area contributed by atoms with Crippen LogP contribution in [-0.2, 0) is 17.7 Å². The molecule has 6 heteroatoms. The van der Waals surface area contributed by atoms with Gasteiger partial charge in [-0.05, 0) is 37.5 Å². The van der Waals surface area contributed by atoms with Gasteiger partial charge in [-0.25, -0.2) is 0 Å². The number of aromatic nitrogens is 1. The lowest BCUT2D eigenvalue weighted by Gasteiger charge is -2.26. The minimum atomic E-state index is -0.355. The van der Waals surface area contributed by atoms with Gasteiger partial charge in [0.05, 0.1) is 18.8 Å². The number of rotatable bonds is 7. The lowest BCUT2D eigenvalue weighted by molar-refractivity contribution is 0.0369. The van der Waals surface area contributed by atoms with Gasteiger partial charge < -0.3 is 15.0 Å². The minimum absolute atomic E-state index is 0.355. The van der Waals surface area contributed by atoms with Gasteiger partial charge in [-0.15, -0.1) is 0 Å². The molecule has 1 aliphatic rings. The first-order chi connectivity index (χ1) is 13.0. The van der Waals surface area contributed by atoms with E-state index >= 15 is 0 Å². The third kappa shape index (κ3) is 4.45. The molecule has 1 fully saturated rings. The Bertz CT molecular complexity index is 793. The Morgan fingerprint density at radius 1 is 1.19 bits per heavy atom. The lowest BCUT2D eigenvalue weighted by atomic mass is 9.99. The summed E-state index contributed by atoms with van der Waals surface area (Å²) >= 11 is 3.48. The van der Waals surface area contributed by atoms with Crippen molar-refractivity contribution in [3.05, 3.63) is 45.7 Å². The number of hydrogen-bond acceptors (Lipinski definition) is 3. The van der Waals surface area contributed by atoms with Crippen molar-refractivity contribution in [3.8, 4) is 11.1 Å². The quantitative estimate of drug-likeness (QED) is 0.725. The summed E-state index contributed by atoms with van der Waals surface area (Å²) in [5, 5.41) is 0. The second-order valence-electron chi connectivity index (χ2n) is 6.97. The molecule has 3 rings (SSSR count). The molecule has 0 radical (unpaired) electrons. The number of hydrogen-bond donors (Lipinski definition) is 1. The van der Waals surface area contributed by atoms with Crippen LogP contribution in [0.25, 0.3) is 11.1 Å². The summed E-state index contributed by atoms with van der Waals surface area (Å²) < 4.78 is 8.73. The van der Waals surface area contributed by atoms with Crippen molar-refractivity contribution in [2.24, 2.45) is 5.73 Å². The van der Waals surface area contributed by atoms with E-state index in [2.05, 4.69) is 32.3 Å². The first kappa shape index (κ1) is 20.1. The lowest BCUT2D eigenvalue weighted by Crippen LogP contribution is -2.37. The first-order valence-corrected chi connectivity index (χ1v) is 10.4. The first-order valence-electron chi connectivity index (χ1n) is 9.60.